The third kappa shape index (κ3) is 2.54. The molecule has 0 aromatic carbocycles. The van der Waals surface area contributed by atoms with E-state index >= 15 is 0 Å². The minimum Gasteiger partial charge on any atom is -0.351 e. The van der Waals surface area contributed by atoms with Gasteiger partial charge in [-0.3, -0.25) is 9.89 Å². The predicted octanol–water partition coefficient (Wildman–Crippen LogP) is 0.768. The molecule has 0 atom stereocenters. The molecule has 2 N–H and O–H groups in total. The molecule has 0 aliphatic carbocycles. The van der Waals surface area contributed by atoms with Crippen molar-refractivity contribution in [3.05, 3.63) is 18.0 Å². The predicted molar refractivity (Wildman–Crippen MR) is 46.3 cm³/mol. The number of rotatable bonds is 4. The van der Waals surface area contributed by atoms with Crippen molar-refractivity contribution in [1.29, 1.82) is 0 Å². The Labute approximate surface area is 75.3 Å². The Morgan fingerprint density at radius 1 is 1.75 bits per heavy atom. The number of alkyl halides is 1. The fourth-order valence-electron chi connectivity index (χ4n) is 0.746. The number of carbonyl (C=O) groups excluding carboxylic acids is 1. The maximum absolute atomic E-state index is 11.2. The van der Waals surface area contributed by atoms with Crippen molar-refractivity contribution in [1.82, 2.24) is 15.5 Å². The van der Waals surface area contributed by atoms with E-state index in [1.165, 1.54) is 6.20 Å². The van der Waals surface area contributed by atoms with Crippen LogP contribution in [0.1, 0.15) is 16.9 Å². The minimum atomic E-state index is -0.141. The Bertz CT molecular complexity index is 235. The van der Waals surface area contributed by atoms with Crippen molar-refractivity contribution < 1.29 is 4.79 Å². The Hall–Kier alpha value is -1.03. The number of halogens is 1. The van der Waals surface area contributed by atoms with Crippen LogP contribution in [0.5, 0.6) is 0 Å². The maximum Gasteiger partial charge on any atom is 0.269 e. The lowest BCUT2D eigenvalue weighted by Crippen LogP contribution is -2.24. The highest BCUT2D eigenvalue weighted by Crippen LogP contribution is 1.90. The molecule has 0 aliphatic heterocycles. The van der Waals surface area contributed by atoms with Gasteiger partial charge in [0.15, 0.2) is 0 Å². The number of carbonyl (C=O) groups is 1. The zero-order valence-electron chi connectivity index (χ0n) is 6.51. The second kappa shape index (κ2) is 4.77. The van der Waals surface area contributed by atoms with Crippen LogP contribution in [0.2, 0.25) is 0 Å². The summed E-state index contributed by atoms with van der Waals surface area (Å²) in [6.07, 6.45) is 2.32. The molecule has 66 valence electrons. The van der Waals surface area contributed by atoms with E-state index in [0.29, 0.717) is 18.1 Å². The Kier molecular flexibility index (Phi) is 3.60. The summed E-state index contributed by atoms with van der Waals surface area (Å²) in [5, 5.41) is 8.92. The van der Waals surface area contributed by atoms with Crippen LogP contribution >= 0.6 is 11.6 Å². The number of nitrogens with zero attached hydrogens (tertiary/aromatic N) is 1. The van der Waals surface area contributed by atoms with Gasteiger partial charge in [0, 0.05) is 18.6 Å². The Morgan fingerprint density at radius 3 is 3.17 bits per heavy atom. The molecule has 4 nitrogen and oxygen atoms in total. The van der Waals surface area contributed by atoms with Gasteiger partial charge in [0.25, 0.3) is 5.91 Å². The lowest BCUT2D eigenvalue weighted by molar-refractivity contribution is 0.0949. The third-order valence-electron chi connectivity index (χ3n) is 1.34. The molecule has 0 spiro atoms. The molecule has 0 fully saturated rings. The fraction of sp³-hybridized carbons (Fsp3) is 0.429. The van der Waals surface area contributed by atoms with Crippen molar-refractivity contribution in [2.24, 2.45) is 0 Å². The lowest BCUT2D eigenvalue weighted by Gasteiger charge is -1.99. The van der Waals surface area contributed by atoms with Crippen molar-refractivity contribution in [3.8, 4) is 0 Å². The van der Waals surface area contributed by atoms with Gasteiger partial charge < -0.3 is 5.32 Å². The van der Waals surface area contributed by atoms with Gasteiger partial charge in [-0.1, -0.05) is 0 Å². The van der Waals surface area contributed by atoms with Crippen molar-refractivity contribution >= 4 is 17.5 Å². The van der Waals surface area contributed by atoms with Gasteiger partial charge in [0.1, 0.15) is 5.69 Å². The number of hydrogen-bond acceptors (Lipinski definition) is 2. The van der Waals surface area contributed by atoms with Gasteiger partial charge in [0.05, 0.1) is 0 Å². The van der Waals surface area contributed by atoms with Crippen molar-refractivity contribution in [2.75, 3.05) is 12.4 Å². The van der Waals surface area contributed by atoms with Crippen LogP contribution in [0.25, 0.3) is 0 Å². The molecule has 1 aromatic rings. The molecule has 0 aliphatic rings. The summed E-state index contributed by atoms with van der Waals surface area (Å²) in [5.74, 6) is 0.418. The molecule has 1 amide bonds. The second-order valence-corrected chi connectivity index (χ2v) is 2.65. The summed E-state index contributed by atoms with van der Waals surface area (Å²) >= 11 is 5.44. The zero-order valence-corrected chi connectivity index (χ0v) is 7.27. The molecular formula is C7H10ClN3O. The average Bonchev–Trinajstić information content (AvgIpc) is 2.56. The molecule has 0 radical (unpaired) electrons. The van der Waals surface area contributed by atoms with Crippen LogP contribution < -0.4 is 5.32 Å². The fourth-order valence-corrected chi connectivity index (χ4v) is 0.880. The molecule has 12 heavy (non-hydrogen) atoms. The number of nitrogens with one attached hydrogen (secondary N) is 2. The third-order valence-corrected chi connectivity index (χ3v) is 1.61. The lowest BCUT2D eigenvalue weighted by atomic mass is 10.4. The quantitative estimate of drug-likeness (QED) is 0.541. The van der Waals surface area contributed by atoms with Crippen LogP contribution in [0.3, 0.4) is 0 Å². The number of aromatic nitrogens is 2. The largest absolute Gasteiger partial charge is 0.351 e. The smallest absolute Gasteiger partial charge is 0.269 e. The average molecular weight is 188 g/mol. The number of hydrogen-bond donors (Lipinski definition) is 2. The molecule has 1 rings (SSSR count). The van der Waals surface area contributed by atoms with Gasteiger partial charge in [-0.15, -0.1) is 11.6 Å². The van der Waals surface area contributed by atoms with Gasteiger partial charge in [-0.25, -0.2) is 0 Å². The Morgan fingerprint density at radius 2 is 2.58 bits per heavy atom. The molecule has 0 saturated carbocycles. The van der Waals surface area contributed by atoms with Crippen LogP contribution in [-0.4, -0.2) is 28.5 Å². The van der Waals surface area contributed by atoms with E-state index in [0.717, 1.165) is 6.42 Å². The molecule has 0 unspecified atom stereocenters. The van der Waals surface area contributed by atoms with Crippen molar-refractivity contribution in [3.63, 3.8) is 0 Å². The topological polar surface area (TPSA) is 57.8 Å². The van der Waals surface area contributed by atoms with E-state index in [1.54, 1.807) is 6.07 Å². The second-order valence-electron chi connectivity index (χ2n) is 2.27. The SMILES string of the molecule is O=C(NCCCCl)c1ccn[nH]1. The molecule has 0 saturated heterocycles. The number of H-pyrrole nitrogens is 1. The first-order valence-electron chi connectivity index (χ1n) is 3.68. The van der Waals surface area contributed by atoms with Gasteiger partial charge in [-0.05, 0) is 12.5 Å². The highest BCUT2D eigenvalue weighted by atomic mass is 35.5. The van der Waals surface area contributed by atoms with Crippen LogP contribution in [-0.2, 0) is 0 Å². The van der Waals surface area contributed by atoms with Gasteiger partial charge in [0.2, 0.25) is 0 Å². The highest BCUT2D eigenvalue weighted by molar-refractivity contribution is 6.17. The summed E-state index contributed by atoms with van der Waals surface area (Å²) in [6.45, 7) is 0.599. The number of aromatic amines is 1. The molecule has 0 bridgehead atoms. The zero-order chi connectivity index (χ0) is 8.81. The molecule has 1 heterocycles. The first-order chi connectivity index (χ1) is 5.84. The molecular weight excluding hydrogens is 178 g/mol. The van der Waals surface area contributed by atoms with E-state index in [2.05, 4.69) is 15.5 Å². The first kappa shape index (κ1) is 9.06. The van der Waals surface area contributed by atoms with E-state index in [9.17, 15) is 4.79 Å². The highest BCUT2D eigenvalue weighted by Gasteiger charge is 2.03. The summed E-state index contributed by atoms with van der Waals surface area (Å²) < 4.78 is 0. The standard InChI is InChI=1S/C7H10ClN3O/c8-3-1-4-9-7(12)6-2-5-10-11-6/h2,5H,1,3-4H2,(H,9,12)(H,10,11). The van der Waals surface area contributed by atoms with E-state index in [-0.39, 0.29) is 5.91 Å². The summed E-state index contributed by atoms with van der Waals surface area (Å²) in [5.41, 5.74) is 0.476. The normalized spacial score (nSPS) is 9.75. The van der Waals surface area contributed by atoms with Crippen molar-refractivity contribution in [2.45, 2.75) is 6.42 Å². The van der Waals surface area contributed by atoms with E-state index < -0.39 is 0 Å². The van der Waals surface area contributed by atoms with E-state index in [4.69, 9.17) is 11.6 Å². The molecule has 5 heteroatoms. The summed E-state index contributed by atoms with van der Waals surface area (Å²) in [4.78, 5) is 11.2. The monoisotopic (exact) mass is 187 g/mol. The van der Waals surface area contributed by atoms with Gasteiger partial charge in [-0.2, -0.15) is 5.10 Å². The van der Waals surface area contributed by atoms with E-state index in [1.807, 2.05) is 0 Å². The van der Waals surface area contributed by atoms with Crippen LogP contribution in [0.4, 0.5) is 0 Å². The minimum absolute atomic E-state index is 0.141. The van der Waals surface area contributed by atoms with Gasteiger partial charge >= 0.3 is 0 Å². The van der Waals surface area contributed by atoms with Crippen LogP contribution in [0, 0.1) is 0 Å². The molecule has 1 aromatic heterocycles. The Balaban J connectivity index is 2.30. The maximum atomic E-state index is 11.2. The van der Waals surface area contributed by atoms with Crippen LogP contribution in [0.15, 0.2) is 12.3 Å². The summed E-state index contributed by atoms with van der Waals surface area (Å²) in [7, 11) is 0. The number of amides is 1. The first-order valence-corrected chi connectivity index (χ1v) is 4.21. The summed E-state index contributed by atoms with van der Waals surface area (Å²) in [6, 6.07) is 1.62.